The minimum absolute atomic E-state index is 0.00214. The third-order valence-electron chi connectivity index (χ3n) is 16.3. The van der Waals surface area contributed by atoms with Crippen LogP contribution in [0.4, 0.5) is 17.5 Å². The zero-order chi connectivity index (χ0) is 59.3. The molecule has 1 amide bonds. The van der Waals surface area contributed by atoms with E-state index in [4.69, 9.17) is 19.7 Å². The Labute approximate surface area is 484 Å². The number of amides is 1. The lowest BCUT2D eigenvalue weighted by atomic mass is 9.82. The Bertz CT molecular complexity index is 3870. The Morgan fingerprint density at radius 3 is 2.30 bits per heavy atom. The largest absolute Gasteiger partial charge is 0.470 e. The molecule has 0 aliphatic carbocycles. The summed E-state index contributed by atoms with van der Waals surface area (Å²) in [6, 6.07) is 8.08. The summed E-state index contributed by atoms with van der Waals surface area (Å²) in [5.41, 5.74) is 13.7. The van der Waals surface area contributed by atoms with Gasteiger partial charge in [-0.2, -0.15) is 8.42 Å². The van der Waals surface area contributed by atoms with Crippen LogP contribution in [0, 0.1) is 0 Å². The fourth-order valence-electron chi connectivity index (χ4n) is 12.7. The number of carbonyl (C=O) groups is 1. The van der Waals surface area contributed by atoms with Crippen LogP contribution in [0.2, 0.25) is 0 Å². The molecule has 0 unspecified atom stereocenters. The quantitative estimate of drug-likeness (QED) is 0.0180. The third kappa shape index (κ3) is 12.7. The topological polar surface area (TPSA) is 390 Å². The van der Waals surface area contributed by atoms with Crippen LogP contribution in [0.3, 0.4) is 0 Å². The first-order valence-corrected chi connectivity index (χ1v) is 34.3. The maximum atomic E-state index is 14.7. The highest BCUT2D eigenvalue weighted by atomic mass is 32.2. The number of benzene rings is 3. The Kier molecular flexibility index (Phi) is 17.5. The van der Waals surface area contributed by atoms with Crippen molar-refractivity contribution in [2.45, 2.75) is 137 Å². The lowest BCUT2D eigenvalue weighted by Gasteiger charge is -2.39. The number of aryl methyl sites for hydroxylation is 2. The number of anilines is 3. The number of imidazole rings is 1. The van der Waals surface area contributed by atoms with Gasteiger partial charge in [-0.3, -0.25) is 23.0 Å². The van der Waals surface area contributed by atoms with Gasteiger partial charge in [0, 0.05) is 90.7 Å². The second kappa shape index (κ2) is 24.3. The first-order chi connectivity index (χ1) is 40.0. The van der Waals surface area contributed by atoms with E-state index in [1.165, 1.54) is 38.9 Å². The van der Waals surface area contributed by atoms with Crippen molar-refractivity contribution in [1.82, 2.24) is 34.1 Å². The SMILES string of the molecule is Nc1ncnc2c1nc(NCCCCCCNC(=O)CCCCCNS(=O)(=O)c1cc(S(=O)(=O)O)ccc1C1=c3cc4c5c(c3Oc3c1cc1c6c3CCCN6CCC1)CCC[N+]=5CCC4)n2[C@@H]1O[C@H](COP(=O)(O)O)[C@@H](O)[C@H]1OP(=O)(O)O. The number of aliphatic hydroxyl groups is 1. The number of nitrogens with two attached hydrogens (primary N) is 1. The lowest BCUT2D eigenvalue weighted by molar-refractivity contribution is -0.121. The van der Waals surface area contributed by atoms with E-state index in [9.17, 15) is 60.0 Å². The summed E-state index contributed by atoms with van der Waals surface area (Å²) in [4.78, 5) is 64.9. The molecular formula is C53H69N10O17P2S2+. The van der Waals surface area contributed by atoms with Crippen molar-refractivity contribution >= 4 is 75.9 Å². The molecule has 84 heavy (non-hydrogen) atoms. The highest BCUT2D eigenvalue weighted by Gasteiger charge is 2.50. The number of phosphoric acid groups is 2. The van der Waals surface area contributed by atoms with Gasteiger partial charge in [0.05, 0.1) is 22.0 Å². The minimum atomic E-state index is -5.27. The number of hydrogen-bond donors (Lipinski definition) is 10. The standard InChI is InChI=1S/C53H68N10O17P2S2/c54-50-43-51(58-30-57-50)63(52-49(80-82(69,70)71)46(65)39(78-52)29-77-81(66,67)68)53(60-43)56-20-6-2-1-5-19-55-41(64)16-4-3-7-21-59-83(72,73)40-28-33(84(74,75)76)17-18-34(40)42-37-26-31-12-8-22-61-24-10-14-35(44(31)61)47(37)79-48-36-15-11-25-62-23-9-13-32(45(36)62)27-38(42)48/h17-18,26-28,30,39,46,49,52,59,65H,1-16,19-25,29H2,(H8-,54,55,56,57,58,60,64,66,67,68,69,70,71,74,75,76)/p+1/t39-,46-,49-,52-/m1/s1. The van der Waals surface area contributed by atoms with Gasteiger partial charge in [0.2, 0.25) is 27.2 Å². The van der Waals surface area contributed by atoms with E-state index in [1.807, 2.05) is 0 Å². The molecule has 4 atom stereocenters. The van der Waals surface area contributed by atoms with E-state index >= 15 is 0 Å². The van der Waals surface area contributed by atoms with Crippen LogP contribution in [0.15, 0.2) is 46.5 Å². The molecular weight excluding hydrogens is 1170 g/mol. The highest BCUT2D eigenvalue weighted by molar-refractivity contribution is 7.89. The smallest absolute Gasteiger partial charge is 0.455 e. The number of unbranched alkanes of at least 4 members (excludes halogenated alkanes) is 5. The summed E-state index contributed by atoms with van der Waals surface area (Å²) in [5.74, 6) is 1.26. The fourth-order valence-corrected chi connectivity index (χ4v) is 15.5. The molecule has 0 saturated carbocycles. The van der Waals surface area contributed by atoms with E-state index < -0.39 is 71.8 Å². The molecule has 11 N–H and O–H groups in total. The van der Waals surface area contributed by atoms with Crippen molar-refractivity contribution in [3.8, 4) is 11.5 Å². The summed E-state index contributed by atoms with van der Waals surface area (Å²) in [6.07, 6.45) is 5.81. The number of ether oxygens (including phenoxy) is 2. The summed E-state index contributed by atoms with van der Waals surface area (Å²) >= 11 is 0. The number of carbonyl (C=O) groups excluding carboxylic acids is 1. The first kappa shape index (κ1) is 60.2. The predicted octanol–water partition coefficient (Wildman–Crippen LogP) is 2.56. The number of hydrogen-bond acceptors (Lipinski definition) is 18. The van der Waals surface area contributed by atoms with Crippen molar-refractivity contribution in [2.75, 3.05) is 68.4 Å². The average Bonchev–Trinajstić information content (AvgIpc) is 0.930. The Morgan fingerprint density at radius 2 is 1.54 bits per heavy atom. The number of aromatic nitrogens is 4. The van der Waals surface area contributed by atoms with Crippen LogP contribution >= 0.6 is 15.6 Å². The van der Waals surface area contributed by atoms with Crippen LogP contribution < -0.4 is 45.9 Å². The highest BCUT2D eigenvalue weighted by Crippen LogP contribution is 2.50. The minimum Gasteiger partial charge on any atom is -0.455 e. The molecule has 11 rings (SSSR count). The van der Waals surface area contributed by atoms with Gasteiger partial charge in [0.1, 0.15) is 49.2 Å². The van der Waals surface area contributed by atoms with E-state index in [0.29, 0.717) is 74.3 Å². The van der Waals surface area contributed by atoms with Gasteiger partial charge >= 0.3 is 15.6 Å². The van der Waals surface area contributed by atoms with Crippen molar-refractivity contribution in [1.29, 1.82) is 0 Å². The second-order valence-corrected chi connectivity index (χ2v) is 27.6. The molecule has 8 heterocycles. The van der Waals surface area contributed by atoms with Crippen LogP contribution in [0.5, 0.6) is 11.5 Å². The van der Waals surface area contributed by atoms with Gasteiger partial charge in [0.15, 0.2) is 23.2 Å². The molecule has 0 bridgehead atoms. The number of nitrogens with one attached hydrogen (secondary N) is 3. The van der Waals surface area contributed by atoms with E-state index in [0.717, 1.165) is 118 Å². The Hall–Kier alpha value is -5.49. The molecule has 6 aliphatic heterocycles. The Balaban J connectivity index is 0.702. The van der Waals surface area contributed by atoms with Gasteiger partial charge in [-0.1, -0.05) is 25.3 Å². The molecule has 5 aromatic rings. The number of phosphoric ester groups is 2. The van der Waals surface area contributed by atoms with Crippen molar-refractivity contribution in [3.05, 3.63) is 80.6 Å². The maximum Gasteiger partial charge on any atom is 0.470 e. The van der Waals surface area contributed by atoms with E-state index in [-0.39, 0.29) is 46.7 Å². The number of nitrogen functional groups attached to an aromatic ring is 1. The molecule has 6 aliphatic rings. The van der Waals surface area contributed by atoms with Gasteiger partial charge in [-0.05, 0) is 94.0 Å². The van der Waals surface area contributed by atoms with E-state index in [2.05, 4.69) is 56.4 Å². The molecule has 454 valence electrons. The lowest BCUT2D eigenvalue weighted by Crippen LogP contribution is -2.45. The molecule has 31 heteroatoms. The molecule has 1 fully saturated rings. The van der Waals surface area contributed by atoms with Crippen LogP contribution in [-0.2, 0) is 73.5 Å². The summed E-state index contributed by atoms with van der Waals surface area (Å²) < 4.78 is 117. The van der Waals surface area contributed by atoms with Crippen LogP contribution in [0.1, 0.15) is 117 Å². The number of aliphatic hydroxyl groups excluding tert-OH is 1. The fraction of sp³-hybridized carbons (Fsp3) is 0.528. The molecule has 2 aromatic heterocycles. The van der Waals surface area contributed by atoms with E-state index in [1.54, 1.807) is 0 Å². The monoisotopic (exact) mass is 1240 g/mol. The normalized spacial score (nSPS) is 20.3. The predicted molar refractivity (Wildman–Crippen MR) is 305 cm³/mol. The summed E-state index contributed by atoms with van der Waals surface area (Å²) in [5, 5.41) is 19.0. The van der Waals surface area contributed by atoms with Crippen molar-refractivity contribution < 1.29 is 78.5 Å². The van der Waals surface area contributed by atoms with Gasteiger partial charge in [0.25, 0.3) is 10.1 Å². The third-order valence-corrected chi connectivity index (χ3v) is 19.7. The summed E-state index contributed by atoms with van der Waals surface area (Å²) in [6.45, 7) is 3.66. The Morgan fingerprint density at radius 1 is 0.821 bits per heavy atom. The van der Waals surface area contributed by atoms with Crippen LogP contribution in [-0.4, -0.2) is 142 Å². The summed E-state index contributed by atoms with van der Waals surface area (Å²) in [7, 11) is -19.6. The average molecular weight is 1240 g/mol. The zero-order valence-electron chi connectivity index (χ0n) is 45.9. The van der Waals surface area contributed by atoms with Gasteiger partial charge < -0.3 is 55.4 Å². The van der Waals surface area contributed by atoms with Gasteiger partial charge in [-0.15, -0.1) is 0 Å². The molecule has 27 nitrogen and oxygen atoms in total. The molecule has 0 spiro atoms. The molecule has 1 saturated heterocycles. The van der Waals surface area contributed by atoms with Crippen LogP contribution in [0.25, 0.3) is 16.7 Å². The maximum absolute atomic E-state index is 14.7. The number of sulfonamides is 1. The molecule has 3 aromatic carbocycles. The van der Waals surface area contributed by atoms with Crippen molar-refractivity contribution in [2.24, 2.45) is 0 Å². The number of rotatable bonds is 24. The molecule has 0 radical (unpaired) electrons. The number of fused-ring (bicyclic) bond motifs is 5. The second-order valence-electron chi connectivity index (χ2n) is 22.0. The number of nitrogens with zero attached hydrogens (tertiary/aromatic N) is 6. The van der Waals surface area contributed by atoms with Crippen molar-refractivity contribution in [3.63, 3.8) is 0 Å². The first-order valence-electron chi connectivity index (χ1n) is 28.4. The van der Waals surface area contributed by atoms with Gasteiger partial charge in [-0.25, -0.2) is 41.8 Å². The zero-order valence-corrected chi connectivity index (χ0v) is 49.3.